The van der Waals surface area contributed by atoms with Crippen molar-refractivity contribution < 1.29 is 19.4 Å². The van der Waals surface area contributed by atoms with Gasteiger partial charge in [-0.1, -0.05) is 35.6 Å². The van der Waals surface area contributed by atoms with Crippen LogP contribution in [-0.2, 0) is 26.4 Å². The molecular formula is C33H29N7O4S2. The molecule has 1 aliphatic rings. The topological polar surface area (TPSA) is 135 Å². The molecule has 0 saturated heterocycles. The molecule has 11 nitrogen and oxygen atoms in total. The molecule has 46 heavy (non-hydrogen) atoms. The Labute approximate surface area is 272 Å². The van der Waals surface area contributed by atoms with E-state index >= 15 is 0 Å². The number of aromatic nitrogens is 5. The fourth-order valence-corrected chi connectivity index (χ4v) is 7.50. The highest BCUT2D eigenvalue weighted by Crippen LogP contribution is 2.33. The highest BCUT2D eigenvalue weighted by molar-refractivity contribution is 7.22. The predicted octanol–water partition coefficient (Wildman–Crippen LogP) is 6.07. The standard InChI is InChI=1S/C33H29N7O4S2/c1-39-19-34-38-29(39)21-11-13-22(14-12-21)44-17-5-10-27-28(31(42)43)36-33(46-27)40-16-15-20-6-4-7-23(24(20)18-40)30(41)37-32-35-25-8-2-3-9-26(25)45-32/h2-4,6-9,11-14,19H,5,10,15-18H2,1H3,(H,42,43)(H,35,37,41). The number of ether oxygens (including phenoxy) is 1. The third-order valence-corrected chi connectivity index (χ3v) is 9.96. The molecule has 6 aromatic rings. The number of para-hydroxylation sites is 1. The van der Waals surface area contributed by atoms with E-state index in [9.17, 15) is 14.7 Å². The van der Waals surface area contributed by atoms with Crippen LogP contribution >= 0.6 is 22.7 Å². The van der Waals surface area contributed by atoms with Crippen molar-refractivity contribution in [3.63, 3.8) is 0 Å². The van der Waals surface area contributed by atoms with Gasteiger partial charge in [-0.15, -0.1) is 21.5 Å². The van der Waals surface area contributed by atoms with Crippen molar-refractivity contribution in [2.24, 2.45) is 7.05 Å². The molecule has 3 aromatic carbocycles. The minimum absolute atomic E-state index is 0.0701. The molecule has 0 fully saturated rings. The van der Waals surface area contributed by atoms with E-state index < -0.39 is 5.97 Å². The number of carbonyl (C=O) groups excluding carboxylic acids is 1. The maximum absolute atomic E-state index is 13.4. The number of carboxylic acids is 1. The molecule has 0 atom stereocenters. The fraction of sp³-hybridized carbons (Fsp3) is 0.212. The van der Waals surface area contributed by atoms with Crippen LogP contribution < -0.4 is 15.0 Å². The smallest absolute Gasteiger partial charge is 0.355 e. The van der Waals surface area contributed by atoms with Crippen LogP contribution in [0.2, 0.25) is 0 Å². The lowest BCUT2D eigenvalue weighted by Gasteiger charge is -2.29. The van der Waals surface area contributed by atoms with Gasteiger partial charge in [-0.3, -0.25) is 10.1 Å². The van der Waals surface area contributed by atoms with Crippen molar-refractivity contribution in [3.05, 3.63) is 100 Å². The Morgan fingerprint density at radius 2 is 1.87 bits per heavy atom. The summed E-state index contributed by atoms with van der Waals surface area (Å²) in [4.78, 5) is 37.4. The molecule has 0 unspecified atom stereocenters. The number of nitrogens with one attached hydrogen (secondary N) is 1. The SMILES string of the molecule is Cn1cnnc1-c1ccc(OCCCc2sc(N3CCc4cccc(C(=O)Nc5nc6ccccc6s5)c4C3)nc2C(=O)O)cc1. The van der Waals surface area contributed by atoms with Crippen LogP contribution in [0.25, 0.3) is 21.6 Å². The third kappa shape index (κ3) is 6.06. The van der Waals surface area contributed by atoms with Gasteiger partial charge in [0.2, 0.25) is 0 Å². The molecule has 1 aliphatic heterocycles. The van der Waals surface area contributed by atoms with Gasteiger partial charge in [0.15, 0.2) is 21.8 Å². The first kappa shape index (κ1) is 29.6. The number of anilines is 2. The first-order chi connectivity index (χ1) is 22.4. The number of benzene rings is 3. The van der Waals surface area contributed by atoms with Gasteiger partial charge in [0.05, 0.1) is 16.8 Å². The number of aryl methyl sites for hydroxylation is 2. The summed E-state index contributed by atoms with van der Waals surface area (Å²) >= 11 is 2.83. The minimum Gasteiger partial charge on any atom is -0.494 e. The molecule has 4 heterocycles. The number of nitrogens with zero attached hydrogens (tertiary/aromatic N) is 6. The Hall–Kier alpha value is -5.14. The van der Waals surface area contributed by atoms with Crippen molar-refractivity contribution in [3.8, 4) is 17.1 Å². The molecular weight excluding hydrogens is 623 g/mol. The molecule has 1 amide bonds. The maximum Gasteiger partial charge on any atom is 0.355 e. The Morgan fingerprint density at radius 3 is 2.65 bits per heavy atom. The number of amides is 1. The third-order valence-electron chi connectivity index (χ3n) is 7.83. The molecule has 232 valence electrons. The summed E-state index contributed by atoms with van der Waals surface area (Å²) in [5.74, 6) is 0.234. The zero-order chi connectivity index (χ0) is 31.6. The number of thiazole rings is 2. The molecule has 7 rings (SSSR count). The van der Waals surface area contributed by atoms with Gasteiger partial charge in [-0.05, 0) is 72.9 Å². The summed E-state index contributed by atoms with van der Waals surface area (Å²) in [5.41, 5.74) is 4.46. The van der Waals surface area contributed by atoms with E-state index in [4.69, 9.17) is 4.74 Å². The van der Waals surface area contributed by atoms with Gasteiger partial charge >= 0.3 is 5.97 Å². The second kappa shape index (κ2) is 12.7. The number of hydrogen-bond acceptors (Lipinski definition) is 10. The van der Waals surface area contributed by atoms with Gasteiger partial charge in [0.1, 0.15) is 12.1 Å². The largest absolute Gasteiger partial charge is 0.494 e. The second-order valence-electron chi connectivity index (χ2n) is 10.9. The molecule has 0 spiro atoms. The van der Waals surface area contributed by atoms with Gasteiger partial charge in [0, 0.05) is 36.1 Å². The lowest BCUT2D eigenvalue weighted by atomic mass is 9.94. The summed E-state index contributed by atoms with van der Waals surface area (Å²) in [6.07, 6.45) is 3.53. The Morgan fingerprint density at radius 1 is 1.02 bits per heavy atom. The number of hydrogen-bond donors (Lipinski definition) is 2. The van der Waals surface area contributed by atoms with Crippen molar-refractivity contribution in [2.45, 2.75) is 25.8 Å². The van der Waals surface area contributed by atoms with E-state index in [0.29, 0.717) is 53.2 Å². The molecule has 3 aromatic heterocycles. The molecule has 0 radical (unpaired) electrons. The van der Waals surface area contributed by atoms with Crippen LogP contribution in [0, 0.1) is 0 Å². The number of rotatable bonds is 10. The number of aromatic carboxylic acids is 1. The van der Waals surface area contributed by atoms with Crippen LogP contribution in [-0.4, -0.2) is 54.9 Å². The van der Waals surface area contributed by atoms with E-state index in [0.717, 1.165) is 44.9 Å². The van der Waals surface area contributed by atoms with Crippen LogP contribution in [0.5, 0.6) is 5.75 Å². The monoisotopic (exact) mass is 651 g/mol. The van der Waals surface area contributed by atoms with Crippen molar-refractivity contribution in [1.29, 1.82) is 0 Å². The first-order valence-electron chi connectivity index (χ1n) is 14.8. The van der Waals surface area contributed by atoms with Crippen molar-refractivity contribution in [2.75, 3.05) is 23.4 Å². The molecule has 0 bridgehead atoms. The van der Waals surface area contributed by atoms with Crippen LogP contribution in [0.3, 0.4) is 0 Å². The first-order valence-corrected chi connectivity index (χ1v) is 16.4. The van der Waals surface area contributed by atoms with E-state index in [1.165, 1.54) is 22.7 Å². The normalized spacial score (nSPS) is 12.7. The summed E-state index contributed by atoms with van der Waals surface area (Å²) < 4.78 is 8.79. The van der Waals surface area contributed by atoms with Crippen molar-refractivity contribution >= 4 is 55.0 Å². The number of carboxylic acid groups (broad SMARTS) is 1. The highest BCUT2D eigenvalue weighted by Gasteiger charge is 2.26. The summed E-state index contributed by atoms with van der Waals surface area (Å²) in [5, 5.41) is 22.1. The molecule has 13 heteroatoms. The zero-order valence-electron chi connectivity index (χ0n) is 24.8. The van der Waals surface area contributed by atoms with Crippen LogP contribution in [0.15, 0.2) is 73.1 Å². The molecule has 2 N–H and O–H groups in total. The van der Waals surface area contributed by atoms with Crippen molar-refractivity contribution in [1.82, 2.24) is 24.7 Å². The van der Waals surface area contributed by atoms with E-state index in [2.05, 4.69) is 30.4 Å². The van der Waals surface area contributed by atoms with E-state index in [-0.39, 0.29) is 11.6 Å². The Balaban J connectivity index is 1.01. The minimum atomic E-state index is -1.05. The van der Waals surface area contributed by atoms with E-state index in [1.54, 1.807) is 6.33 Å². The quantitative estimate of drug-likeness (QED) is 0.169. The summed E-state index contributed by atoms with van der Waals surface area (Å²) in [7, 11) is 1.89. The van der Waals surface area contributed by atoms with Crippen LogP contribution in [0.4, 0.5) is 10.3 Å². The average molecular weight is 652 g/mol. The Kier molecular flexibility index (Phi) is 8.16. The summed E-state index contributed by atoms with van der Waals surface area (Å²) in [6, 6.07) is 21.2. The highest BCUT2D eigenvalue weighted by atomic mass is 32.1. The van der Waals surface area contributed by atoms with Gasteiger partial charge < -0.3 is 19.3 Å². The molecule has 0 aliphatic carbocycles. The maximum atomic E-state index is 13.4. The summed E-state index contributed by atoms with van der Waals surface area (Å²) in [6.45, 7) is 1.56. The lowest BCUT2D eigenvalue weighted by Crippen LogP contribution is -2.32. The fourth-order valence-electron chi connectivity index (χ4n) is 5.53. The average Bonchev–Trinajstić information content (AvgIpc) is 3.81. The predicted molar refractivity (Wildman–Crippen MR) is 178 cm³/mol. The van der Waals surface area contributed by atoms with E-state index in [1.807, 2.05) is 78.3 Å². The van der Waals surface area contributed by atoms with Gasteiger partial charge in [0.25, 0.3) is 5.91 Å². The zero-order valence-corrected chi connectivity index (χ0v) is 26.5. The number of carbonyl (C=O) groups is 2. The van der Waals surface area contributed by atoms with Crippen LogP contribution in [0.1, 0.15) is 43.3 Å². The second-order valence-corrected chi connectivity index (χ2v) is 13.0. The molecule has 0 saturated carbocycles. The number of fused-ring (bicyclic) bond motifs is 2. The van der Waals surface area contributed by atoms with Gasteiger partial charge in [-0.2, -0.15) is 0 Å². The van der Waals surface area contributed by atoms with Gasteiger partial charge in [-0.25, -0.2) is 14.8 Å². The Bertz CT molecular complexity index is 2020. The lowest BCUT2D eigenvalue weighted by molar-refractivity contribution is 0.0690.